The number of benzene rings is 1. The fourth-order valence-electron chi connectivity index (χ4n) is 2.20. The van der Waals surface area contributed by atoms with Crippen LogP contribution in [0.5, 0.6) is 0 Å². The molecule has 3 rings (SSSR count). The first-order chi connectivity index (χ1) is 9.40. The van der Waals surface area contributed by atoms with Crippen molar-refractivity contribution in [3.05, 3.63) is 45.0 Å². The lowest BCUT2D eigenvalue weighted by Crippen LogP contribution is -2.19. The molecule has 2 aromatic rings. The molecule has 0 bridgehead atoms. The first-order valence-electron chi connectivity index (χ1n) is 5.73. The van der Waals surface area contributed by atoms with Crippen LogP contribution < -0.4 is 5.43 Å². The molecule has 1 N–H and O–H groups in total. The molecule has 0 spiro atoms. The van der Waals surface area contributed by atoms with Crippen molar-refractivity contribution in [1.82, 2.24) is 4.57 Å². The van der Waals surface area contributed by atoms with Crippen LogP contribution in [-0.2, 0) is 0 Å². The van der Waals surface area contributed by atoms with E-state index in [1.54, 1.807) is 0 Å². The van der Waals surface area contributed by atoms with Crippen LogP contribution in [0.4, 0.5) is 8.78 Å². The number of nitrogens with zero attached hydrogens (tertiary/aromatic N) is 1. The third-order valence-corrected chi connectivity index (χ3v) is 3.52. The molecule has 7 heteroatoms. The second-order valence-electron chi connectivity index (χ2n) is 4.60. The van der Waals surface area contributed by atoms with Gasteiger partial charge in [0.2, 0.25) is 5.43 Å². The van der Waals surface area contributed by atoms with E-state index in [0.717, 1.165) is 12.3 Å². The topological polar surface area (TPSA) is 59.3 Å². The first-order valence-corrected chi connectivity index (χ1v) is 6.11. The summed E-state index contributed by atoms with van der Waals surface area (Å²) in [5, 5.41) is 8.65. The molecule has 1 aromatic carbocycles. The quantitative estimate of drug-likeness (QED) is 0.927. The van der Waals surface area contributed by atoms with E-state index >= 15 is 0 Å². The predicted octanol–water partition coefficient (Wildman–Crippen LogP) is 2.58. The normalized spacial score (nSPS) is 21.1. The molecule has 0 saturated heterocycles. The molecule has 1 aliphatic rings. The molecule has 1 radical (unpaired) electrons. The Bertz CT molecular complexity index is 802. The predicted molar refractivity (Wildman–Crippen MR) is 67.5 cm³/mol. The highest BCUT2D eigenvalue weighted by Gasteiger charge is 2.40. The van der Waals surface area contributed by atoms with Crippen LogP contribution in [0.2, 0.25) is 5.02 Å². The molecule has 0 unspecified atom stereocenters. The number of alkyl halides is 1. The Morgan fingerprint density at radius 1 is 1.55 bits per heavy atom. The minimum atomic E-state index is -1.45. The maximum atomic E-state index is 13.3. The van der Waals surface area contributed by atoms with E-state index in [1.165, 1.54) is 4.57 Å². The molecule has 0 amide bonds. The van der Waals surface area contributed by atoms with Crippen LogP contribution in [0.1, 0.15) is 22.8 Å². The van der Waals surface area contributed by atoms with Crippen molar-refractivity contribution in [2.24, 2.45) is 0 Å². The Labute approximate surface area is 116 Å². The highest BCUT2D eigenvalue weighted by molar-refractivity contribution is 6.35. The average molecular weight is 299 g/mol. The monoisotopic (exact) mass is 298 g/mol. The summed E-state index contributed by atoms with van der Waals surface area (Å²) in [5.74, 6) is -2.33. The van der Waals surface area contributed by atoms with E-state index < -0.39 is 35.0 Å². The van der Waals surface area contributed by atoms with Gasteiger partial charge >= 0.3 is 5.97 Å². The standard InChI is InChI=1S/C13H7ClF2NO3/c14-8-2-5(15)1-6-11(8)17(10-3-9(10)16)4-7(12(6)18)13(19)20/h1,4,9-10H,3H2,(H,19,20)/t9-,10+/m0/s1. The lowest BCUT2D eigenvalue weighted by atomic mass is 10.1. The van der Waals surface area contributed by atoms with Crippen LogP contribution >= 0.6 is 11.6 Å². The molecule has 20 heavy (non-hydrogen) atoms. The summed E-state index contributed by atoms with van der Waals surface area (Å²) in [4.78, 5) is 23.1. The van der Waals surface area contributed by atoms with Crippen LogP contribution in [0.3, 0.4) is 0 Å². The highest BCUT2D eigenvalue weighted by atomic mass is 35.5. The van der Waals surface area contributed by atoms with E-state index in [0.29, 0.717) is 0 Å². The Morgan fingerprint density at radius 2 is 2.20 bits per heavy atom. The summed E-state index contributed by atoms with van der Waals surface area (Å²) < 4.78 is 27.9. The van der Waals surface area contributed by atoms with Gasteiger partial charge in [-0.3, -0.25) is 4.79 Å². The smallest absolute Gasteiger partial charge is 0.341 e. The van der Waals surface area contributed by atoms with E-state index in [-0.39, 0.29) is 22.3 Å². The zero-order valence-corrected chi connectivity index (χ0v) is 10.6. The number of aromatic carboxylic acids is 1. The van der Waals surface area contributed by atoms with Crippen LogP contribution in [0.15, 0.2) is 17.1 Å². The second kappa shape index (κ2) is 4.28. The molecule has 1 fully saturated rings. The lowest BCUT2D eigenvalue weighted by Gasteiger charge is -2.12. The van der Waals surface area contributed by atoms with Crippen molar-refractivity contribution in [2.75, 3.05) is 0 Å². The molecular formula is C13H7ClF2NO3. The van der Waals surface area contributed by atoms with Gasteiger partial charge in [0, 0.05) is 18.7 Å². The molecule has 0 aliphatic heterocycles. The largest absolute Gasteiger partial charge is 0.477 e. The van der Waals surface area contributed by atoms with Gasteiger partial charge in [0.05, 0.1) is 22.0 Å². The van der Waals surface area contributed by atoms with Crippen molar-refractivity contribution in [3.63, 3.8) is 0 Å². The van der Waals surface area contributed by atoms with E-state index in [1.807, 2.05) is 0 Å². The van der Waals surface area contributed by atoms with Crippen LogP contribution in [-0.4, -0.2) is 21.8 Å². The maximum absolute atomic E-state index is 13.3. The summed E-state index contributed by atoms with van der Waals surface area (Å²) in [6, 6.07) is 2.47. The zero-order chi connectivity index (χ0) is 14.6. The number of fused-ring (bicyclic) bond motifs is 1. The van der Waals surface area contributed by atoms with Gasteiger partial charge in [0.25, 0.3) is 0 Å². The number of hydrogen-bond acceptors (Lipinski definition) is 2. The van der Waals surface area contributed by atoms with E-state index in [9.17, 15) is 18.4 Å². The Kier molecular flexibility index (Phi) is 2.79. The molecule has 1 heterocycles. The summed E-state index contributed by atoms with van der Waals surface area (Å²) in [6.45, 7) is 0. The van der Waals surface area contributed by atoms with Crippen molar-refractivity contribution in [2.45, 2.75) is 18.6 Å². The Balaban J connectivity index is 2.45. The molecule has 1 aromatic heterocycles. The van der Waals surface area contributed by atoms with Gasteiger partial charge in [-0.05, 0) is 6.07 Å². The highest BCUT2D eigenvalue weighted by Crippen LogP contribution is 2.41. The summed E-state index contributed by atoms with van der Waals surface area (Å²) >= 11 is 5.87. The van der Waals surface area contributed by atoms with Crippen molar-refractivity contribution in [1.29, 1.82) is 0 Å². The minimum Gasteiger partial charge on any atom is -0.477 e. The third kappa shape index (κ3) is 1.87. The minimum absolute atomic E-state index is 0.105. The van der Waals surface area contributed by atoms with Gasteiger partial charge in [-0.1, -0.05) is 11.6 Å². The Hall–Kier alpha value is -1.95. The number of carboxylic acids is 1. The van der Waals surface area contributed by atoms with Gasteiger partial charge in [0.1, 0.15) is 17.6 Å². The zero-order valence-electron chi connectivity index (χ0n) is 9.86. The van der Waals surface area contributed by atoms with E-state index in [2.05, 4.69) is 6.07 Å². The van der Waals surface area contributed by atoms with Crippen LogP contribution in [0, 0.1) is 11.9 Å². The van der Waals surface area contributed by atoms with Gasteiger partial charge in [-0.15, -0.1) is 0 Å². The van der Waals surface area contributed by atoms with Crippen molar-refractivity contribution < 1.29 is 18.7 Å². The number of pyridine rings is 1. The van der Waals surface area contributed by atoms with Crippen molar-refractivity contribution in [3.8, 4) is 0 Å². The Morgan fingerprint density at radius 3 is 2.75 bits per heavy atom. The number of halogens is 3. The maximum Gasteiger partial charge on any atom is 0.341 e. The molecular weight excluding hydrogens is 292 g/mol. The van der Waals surface area contributed by atoms with Gasteiger partial charge < -0.3 is 9.67 Å². The molecule has 1 aliphatic carbocycles. The summed E-state index contributed by atoms with van der Waals surface area (Å²) in [7, 11) is 0. The summed E-state index contributed by atoms with van der Waals surface area (Å²) in [5.41, 5.74) is -1.29. The molecule has 1 saturated carbocycles. The number of hydrogen-bond donors (Lipinski definition) is 1. The van der Waals surface area contributed by atoms with Crippen LogP contribution in [0.25, 0.3) is 10.9 Å². The number of rotatable bonds is 2. The first kappa shape index (κ1) is 13.1. The van der Waals surface area contributed by atoms with Gasteiger partial charge in [0.15, 0.2) is 0 Å². The number of aromatic nitrogens is 1. The molecule has 4 nitrogen and oxygen atoms in total. The fourth-order valence-corrected chi connectivity index (χ4v) is 2.49. The fraction of sp³-hybridized carbons (Fsp3) is 0.231. The van der Waals surface area contributed by atoms with Crippen molar-refractivity contribution >= 4 is 28.5 Å². The third-order valence-electron chi connectivity index (χ3n) is 3.25. The summed E-state index contributed by atoms with van der Waals surface area (Å²) in [6.07, 6.45) is 0.114. The SMILES string of the molecule is O=C(O)c1cn([C@@H]2C[C@@H]2F)c2c(Cl)[c]c(F)cc2c1=O. The number of carbonyl (C=O) groups is 1. The molecule has 103 valence electrons. The molecule has 2 atom stereocenters. The lowest BCUT2D eigenvalue weighted by molar-refractivity contribution is 0.0694. The second-order valence-corrected chi connectivity index (χ2v) is 4.97. The number of carboxylic acid groups (broad SMARTS) is 1. The average Bonchev–Trinajstić information content (AvgIpc) is 3.07. The van der Waals surface area contributed by atoms with Gasteiger partial charge in [-0.25, -0.2) is 13.6 Å². The van der Waals surface area contributed by atoms with E-state index in [4.69, 9.17) is 16.7 Å². The van der Waals surface area contributed by atoms with Gasteiger partial charge in [-0.2, -0.15) is 0 Å².